The number of furan rings is 1. The lowest BCUT2D eigenvalue weighted by Gasteiger charge is -2.32. The Hall–Kier alpha value is -2.30. The van der Waals surface area contributed by atoms with E-state index >= 15 is 0 Å². The Bertz CT molecular complexity index is 565. The van der Waals surface area contributed by atoms with E-state index in [1.54, 1.807) is 30.5 Å². The third-order valence-electron chi connectivity index (χ3n) is 3.05. The monoisotopic (exact) mass is 243 g/mol. The number of aromatic nitrogens is 1. The lowest BCUT2D eigenvalue weighted by molar-refractivity contribution is -0.116. The number of anilines is 2. The van der Waals surface area contributed by atoms with Crippen LogP contribution in [0.3, 0.4) is 0 Å². The van der Waals surface area contributed by atoms with Crippen LogP contribution in [0, 0.1) is 0 Å². The van der Waals surface area contributed by atoms with Crippen LogP contribution in [0.1, 0.15) is 18.7 Å². The Kier molecular flexibility index (Phi) is 2.51. The van der Waals surface area contributed by atoms with Gasteiger partial charge in [-0.1, -0.05) is 6.07 Å². The van der Waals surface area contributed by atoms with Gasteiger partial charge in [-0.25, -0.2) is 0 Å². The molecule has 2 aromatic rings. The number of amides is 1. The van der Waals surface area contributed by atoms with Gasteiger partial charge in [0.05, 0.1) is 24.0 Å². The average molecular weight is 243 g/mol. The highest BCUT2D eigenvalue weighted by Crippen LogP contribution is 2.35. The van der Waals surface area contributed by atoms with Gasteiger partial charge in [0.25, 0.3) is 0 Å². The first-order valence-corrected chi connectivity index (χ1v) is 5.77. The fourth-order valence-corrected chi connectivity index (χ4v) is 2.17. The van der Waals surface area contributed by atoms with Crippen LogP contribution in [-0.4, -0.2) is 17.4 Å². The highest BCUT2D eigenvalue weighted by molar-refractivity contribution is 5.96. The molecule has 0 radical (unpaired) electrons. The van der Waals surface area contributed by atoms with Crippen LogP contribution < -0.4 is 10.2 Å². The lowest BCUT2D eigenvalue weighted by atomic mass is 10.1. The molecule has 0 fully saturated rings. The molecule has 5 nitrogen and oxygen atoms in total. The number of hydrogen-bond donors (Lipinski definition) is 1. The van der Waals surface area contributed by atoms with Gasteiger partial charge in [-0.15, -0.1) is 0 Å². The van der Waals surface area contributed by atoms with E-state index in [1.807, 2.05) is 18.2 Å². The van der Waals surface area contributed by atoms with Crippen molar-refractivity contribution in [2.75, 3.05) is 16.8 Å². The number of carbonyl (C=O) groups excluding carboxylic acids is 1. The molecule has 0 saturated carbocycles. The van der Waals surface area contributed by atoms with Crippen LogP contribution in [0.15, 0.2) is 41.3 Å². The van der Waals surface area contributed by atoms with Gasteiger partial charge in [0.15, 0.2) is 0 Å². The summed E-state index contributed by atoms with van der Waals surface area (Å²) in [5.41, 5.74) is 2.53. The molecule has 1 atom stereocenters. The summed E-state index contributed by atoms with van der Waals surface area (Å²) in [5, 5.41) is 3.33. The van der Waals surface area contributed by atoms with Crippen molar-refractivity contribution in [2.24, 2.45) is 0 Å². The smallest absolute Gasteiger partial charge is 0.224 e. The van der Waals surface area contributed by atoms with Crippen molar-refractivity contribution in [3.05, 3.63) is 42.6 Å². The van der Waals surface area contributed by atoms with E-state index in [1.165, 1.54) is 0 Å². The summed E-state index contributed by atoms with van der Waals surface area (Å²) in [6, 6.07) is 5.74. The first kappa shape index (κ1) is 10.8. The topological polar surface area (TPSA) is 58.4 Å². The molecule has 1 aliphatic heterocycles. The van der Waals surface area contributed by atoms with Gasteiger partial charge in [0, 0.05) is 13.1 Å². The second-order valence-corrected chi connectivity index (χ2v) is 4.25. The average Bonchev–Trinajstić information content (AvgIpc) is 2.86. The molecule has 1 N–H and O–H groups in total. The molecule has 2 aromatic heterocycles. The first-order valence-electron chi connectivity index (χ1n) is 5.77. The number of carbonyl (C=O) groups is 1. The molecule has 1 unspecified atom stereocenters. The largest absolute Gasteiger partial charge is 0.468 e. The fourth-order valence-electron chi connectivity index (χ4n) is 2.17. The number of pyridine rings is 1. The van der Waals surface area contributed by atoms with Crippen LogP contribution in [0.5, 0.6) is 0 Å². The van der Waals surface area contributed by atoms with Gasteiger partial charge >= 0.3 is 0 Å². The summed E-state index contributed by atoms with van der Waals surface area (Å²) in [4.78, 5) is 17.7. The fraction of sp³-hybridized carbons (Fsp3) is 0.231. The summed E-state index contributed by atoms with van der Waals surface area (Å²) < 4.78 is 5.16. The number of rotatable bonds is 1. The summed E-state index contributed by atoms with van der Waals surface area (Å²) in [5.74, 6) is 0.0000751. The lowest BCUT2D eigenvalue weighted by Crippen LogP contribution is -2.39. The van der Waals surface area contributed by atoms with E-state index < -0.39 is 0 Å². The zero-order valence-electron chi connectivity index (χ0n) is 9.96. The number of fused-ring (bicyclic) bond motifs is 1. The van der Waals surface area contributed by atoms with Crippen molar-refractivity contribution in [3.8, 4) is 0 Å². The number of hydrogen-bond acceptors (Lipinski definition) is 4. The molecule has 18 heavy (non-hydrogen) atoms. The molecule has 0 saturated heterocycles. The van der Waals surface area contributed by atoms with Gasteiger partial charge < -0.3 is 14.6 Å². The summed E-state index contributed by atoms with van der Waals surface area (Å²) in [6.07, 6.45) is 4.94. The molecule has 0 aliphatic carbocycles. The van der Waals surface area contributed by atoms with Gasteiger partial charge in [-0.05, 0) is 12.1 Å². The van der Waals surface area contributed by atoms with E-state index in [9.17, 15) is 4.79 Å². The van der Waals surface area contributed by atoms with E-state index in [0.717, 1.165) is 17.1 Å². The number of nitrogens with one attached hydrogen (secondary N) is 1. The molecule has 5 heteroatoms. The molecule has 0 spiro atoms. The Balaban J connectivity index is 1.96. The van der Waals surface area contributed by atoms with E-state index in [4.69, 9.17) is 4.42 Å². The molecule has 3 heterocycles. The minimum absolute atomic E-state index is 0.0000751. The van der Waals surface area contributed by atoms with Gasteiger partial charge in [0.1, 0.15) is 18.2 Å². The van der Waals surface area contributed by atoms with Gasteiger partial charge in [-0.3, -0.25) is 9.78 Å². The zero-order chi connectivity index (χ0) is 12.5. The van der Waals surface area contributed by atoms with Crippen LogP contribution in [0.4, 0.5) is 11.4 Å². The van der Waals surface area contributed by atoms with Crippen LogP contribution in [0.25, 0.3) is 0 Å². The Labute approximate surface area is 104 Å². The first-order chi connectivity index (χ1) is 8.75. The van der Waals surface area contributed by atoms with E-state index in [2.05, 4.69) is 10.3 Å². The molecular formula is C13H13N3O2. The van der Waals surface area contributed by atoms with Crippen LogP contribution >= 0.6 is 0 Å². The van der Waals surface area contributed by atoms with Crippen molar-refractivity contribution in [3.63, 3.8) is 0 Å². The molecular weight excluding hydrogens is 230 g/mol. The van der Waals surface area contributed by atoms with Crippen molar-refractivity contribution >= 4 is 17.3 Å². The number of nitrogens with zero attached hydrogens (tertiary/aromatic N) is 2. The zero-order valence-corrected chi connectivity index (χ0v) is 9.96. The maximum Gasteiger partial charge on any atom is 0.224 e. The Morgan fingerprint density at radius 1 is 1.50 bits per heavy atom. The van der Waals surface area contributed by atoms with Crippen molar-refractivity contribution in [1.29, 1.82) is 0 Å². The van der Waals surface area contributed by atoms with Gasteiger partial charge in [-0.2, -0.15) is 0 Å². The molecule has 3 rings (SSSR count). The highest BCUT2D eigenvalue weighted by atomic mass is 16.3. The second kappa shape index (κ2) is 4.18. The molecule has 0 bridgehead atoms. The minimum Gasteiger partial charge on any atom is -0.468 e. The summed E-state index contributed by atoms with van der Waals surface area (Å²) >= 11 is 0. The van der Waals surface area contributed by atoms with Crippen LogP contribution in [-0.2, 0) is 4.79 Å². The third kappa shape index (κ3) is 1.73. The SMILES string of the molecule is CC(=O)N1CC(c2ccccn2)Nc2cocc21. The summed E-state index contributed by atoms with van der Waals surface area (Å²) in [6.45, 7) is 2.11. The molecule has 1 aliphatic rings. The normalized spacial score (nSPS) is 18.1. The van der Waals surface area contributed by atoms with Crippen molar-refractivity contribution < 1.29 is 9.21 Å². The standard InChI is InChI=1S/C13H13N3O2/c1-9(17)16-6-11(10-4-2-3-5-14-10)15-12-7-18-8-13(12)16/h2-5,7-8,11,15H,6H2,1H3. The second-order valence-electron chi connectivity index (χ2n) is 4.25. The minimum atomic E-state index is -0.0137. The quantitative estimate of drug-likeness (QED) is 0.834. The van der Waals surface area contributed by atoms with E-state index in [-0.39, 0.29) is 11.9 Å². The maximum atomic E-state index is 11.7. The van der Waals surface area contributed by atoms with E-state index in [0.29, 0.717) is 6.54 Å². The maximum absolute atomic E-state index is 11.7. The molecule has 92 valence electrons. The predicted octanol–water partition coefficient (Wildman–Crippen LogP) is 2.19. The molecule has 1 amide bonds. The highest BCUT2D eigenvalue weighted by Gasteiger charge is 2.29. The predicted molar refractivity (Wildman–Crippen MR) is 67.3 cm³/mol. The molecule has 0 aromatic carbocycles. The van der Waals surface area contributed by atoms with Gasteiger partial charge in [0.2, 0.25) is 5.91 Å². The Morgan fingerprint density at radius 2 is 2.39 bits per heavy atom. The van der Waals surface area contributed by atoms with Crippen molar-refractivity contribution in [1.82, 2.24) is 4.98 Å². The van der Waals surface area contributed by atoms with Crippen LogP contribution in [0.2, 0.25) is 0 Å². The van der Waals surface area contributed by atoms with Crippen molar-refractivity contribution in [2.45, 2.75) is 13.0 Å². The Morgan fingerprint density at radius 3 is 3.11 bits per heavy atom. The summed E-state index contributed by atoms with van der Waals surface area (Å²) in [7, 11) is 0. The third-order valence-corrected chi connectivity index (χ3v) is 3.05.